The Morgan fingerprint density at radius 3 is 2.31 bits per heavy atom. The molecule has 0 spiro atoms. The third-order valence-electron chi connectivity index (χ3n) is 3.62. The molecule has 2 rings (SSSR count). The summed E-state index contributed by atoms with van der Waals surface area (Å²) in [6, 6.07) is 14.9. The van der Waals surface area contributed by atoms with Crippen molar-refractivity contribution in [1.82, 2.24) is 0 Å². The van der Waals surface area contributed by atoms with Gasteiger partial charge in [0.05, 0.1) is 17.9 Å². The van der Waals surface area contributed by atoms with Gasteiger partial charge in [0.25, 0.3) is 5.91 Å². The van der Waals surface area contributed by atoms with Crippen molar-refractivity contribution in [1.29, 1.82) is 5.26 Å². The highest BCUT2D eigenvalue weighted by molar-refractivity contribution is 6.09. The molecule has 0 saturated heterocycles. The van der Waals surface area contributed by atoms with Gasteiger partial charge in [0, 0.05) is 24.5 Å². The van der Waals surface area contributed by atoms with Crippen molar-refractivity contribution < 1.29 is 19.1 Å². The van der Waals surface area contributed by atoms with Gasteiger partial charge in [-0.2, -0.15) is 5.26 Å². The van der Waals surface area contributed by atoms with Crippen LogP contribution in [0.3, 0.4) is 0 Å². The molecule has 148 valence electrons. The average molecular weight is 392 g/mol. The van der Waals surface area contributed by atoms with Crippen LogP contribution in [0.25, 0.3) is 0 Å². The van der Waals surface area contributed by atoms with Crippen LogP contribution in [0, 0.1) is 11.3 Å². The minimum atomic E-state index is -0.674. The van der Waals surface area contributed by atoms with Gasteiger partial charge < -0.3 is 20.7 Å². The van der Waals surface area contributed by atoms with Crippen LogP contribution in [0.15, 0.2) is 60.3 Å². The number of carbonyl (C=O) groups is 3. The molecule has 2 amide bonds. The third-order valence-corrected chi connectivity index (χ3v) is 3.62. The SMILES string of the molecule is CCOC(=O)c1ccccc1NC(=O)/C(C#N)=C\Nc1ccc(NC(C)=O)cc1. The summed E-state index contributed by atoms with van der Waals surface area (Å²) >= 11 is 0. The maximum absolute atomic E-state index is 12.4. The van der Waals surface area contributed by atoms with Crippen LogP contribution in [0.5, 0.6) is 0 Å². The molecule has 8 nitrogen and oxygen atoms in total. The zero-order valence-electron chi connectivity index (χ0n) is 16.0. The summed E-state index contributed by atoms with van der Waals surface area (Å²) in [4.78, 5) is 35.5. The second-order valence-electron chi connectivity index (χ2n) is 5.79. The first-order valence-corrected chi connectivity index (χ1v) is 8.76. The molecule has 0 radical (unpaired) electrons. The van der Waals surface area contributed by atoms with E-state index in [1.165, 1.54) is 19.2 Å². The molecule has 0 bridgehead atoms. The normalized spacial score (nSPS) is 10.4. The summed E-state index contributed by atoms with van der Waals surface area (Å²) in [6.07, 6.45) is 1.26. The zero-order valence-corrected chi connectivity index (χ0v) is 16.0. The first kappa shape index (κ1) is 21.2. The Morgan fingerprint density at radius 1 is 1.03 bits per heavy atom. The first-order valence-electron chi connectivity index (χ1n) is 8.76. The van der Waals surface area contributed by atoms with Crippen molar-refractivity contribution in [2.45, 2.75) is 13.8 Å². The van der Waals surface area contributed by atoms with Gasteiger partial charge in [-0.3, -0.25) is 9.59 Å². The van der Waals surface area contributed by atoms with Crippen LogP contribution in [0.2, 0.25) is 0 Å². The predicted molar refractivity (Wildman–Crippen MR) is 109 cm³/mol. The van der Waals surface area contributed by atoms with E-state index in [1.807, 2.05) is 6.07 Å². The fraction of sp³-hybridized carbons (Fsp3) is 0.143. The molecular formula is C21H20N4O4. The van der Waals surface area contributed by atoms with Gasteiger partial charge in [-0.15, -0.1) is 0 Å². The van der Waals surface area contributed by atoms with Crippen molar-refractivity contribution in [2.75, 3.05) is 22.6 Å². The minimum absolute atomic E-state index is 0.183. The maximum atomic E-state index is 12.4. The standard InChI is InChI=1S/C21H20N4O4/c1-3-29-21(28)18-6-4-5-7-19(18)25-20(27)15(12-22)13-23-16-8-10-17(11-9-16)24-14(2)26/h4-11,13,23H,3H2,1-2H3,(H,24,26)(H,25,27)/b15-13-. The molecule has 0 aliphatic carbocycles. The van der Waals surface area contributed by atoms with Crippen LogP contribution in [-0.2, 0) is 14.3 Å². The van der Waals surface area contributed by atoms with Gasteiger partial charge in [-0.25, -0.2) is 4.79 Å². The lowest BCUT2D eigenvalue weighted by molar-refractivity contribution is -0.114. The highest BCUT2D eigenvalue weighted by atomic mass is 16.5. The molecule has 0 atom stereocenters. The summed E-state index contributed by atoms with van der Waals surface area (Å²) in [5.41, 5.74) is 1.50. The molecule has 2 aromatic carbocycles. The number of nitriles is 1. The number of hydrogen-bond acceptors (Lipinski definition) is 6. The Bertz CT molecular complexity index is 975. The van der Waals surface area contributed by atoms with Gasteiger partial charge in [-0.1, -0.05) is 12.1 Å². The molecule has 0 heterocycles. The molecule has 8 heteroatoms. The van der Waals surface area contributed by atoms with E-state index in [-0.39, 0.29) is 29.3 Å². The highest BCUT2D eigenvalue weighted by Crippen LogP contribution is 2.18. The van der Waals surface area contributed by atoms with E-state index in [4.69, 9.17) is 4.74 Å². The van der Waals surface area contributed by atoms with Crippen LogP contribution < -0.4 is 16.0 Å². The molecule has 29 heavy (non-hydrogen) atoms. The Kier molecular flexibility index (Phi) is 7.51. The summed E-state index contributed by atoms with van der Waals surface area (Å²) in [6.45, 7) is 3.30. The second kappa shape index (κ2) is 10.3. The number of rotatable bonds is 7. The first-order chi connectivity index (χ1) is 13.9. The van der Waals surface area contributed by atoms with E-state index in [0.29, 0.717) is 11.4 Å². The minimum Gasteiger partial charge on any atom is -0.462 e. The predicted octanol–water partition coefficient (Wildman–Crippen LogP) is 3.28. The number of nitrogens with one attached hydrogen (secondary N) is 3. The van der Waals surface area contributed by atoms with Crippen LogP contribution in [-0.4, -0.2) is 24.4 Å². The Morgan fingerprint density at radius 2 is 1.69 bits per heavy atom. The van der Waals surface area contributed by atoms with Crippen molar-refractivity contribution in [3.8, 4) is 6.07 Å². The van der Waals surface area contributed by atoms with E-state index >= 15 is 0 Å². The van der Waals surface area contributed by atoms with Crippen LogP contribution in [0.1, 0.15) is 24.2 Å². The molecule has 0 unspecified atom stereocenters. The largest absolute Gasteiger partial charge is 0.462 e. The lowest BCUT2D eigenvalue weighted by Gasteiger charge is -2.10. The van der Waals surface area contributed by atoms with Gasteiger partial charge in [0.2, 0.25) is 5.91 Å². The number of anilines is 3. The van der Waals surface area contributed by atoms with E-state index in [2.05, 4.69) is 16.0 Å². The Hall–Kier alpha value is -4.12. The van der Waals surface area contributed by atoms with Crippen LogP contribution >= 0.6 is 0 Å². The smallest absolute Gasteiger partial charge is 0.340 e. The molecule has 0 fully saturated rings. The van der Waals surface area contributed by atoms with Crippen molar-refractivity contribution >= 4 is 34.8 Å². The number of para-hydroxylation sites is 1. The number of carbonyl (C=O) groups excluding carboxylic acids is 3. The summed E-state index contributed by atoms with van der Waals surface area (Å²) in [5, 5.41) is 17.3. The number of ether oxygens (including phenoxy) is 1. The molecule has 0 aliphatic heterocycles. The fourth-order valence-corrected chi connectivity index (χ4v) is 2.33. The Labute approximate surface area is 168 Å². The third kappa shape index (κ3) is 6.22. The summed E-state index contributed by atoms with van der Waals surface area (Å²) in [7, 11) is 0. The van der Waals surface area contributed by atoms with E-state index in [1.54, 1.807) is 49.4 Å². The monoisotopic (exact) mass is 392 g/mol. The van der Waals surface area contributed by atoms with E-state index in [0.717, 1.165) is 0 Å². The zero-order chi connectivity index (χ0) is 21.2. The number of benzene rings is 2. The maximum Gasteiger partial charge on any atom is 0.340 e. The molecule has 0 saturated carbocycles. The summed E-state index contributed by atoms with van der Waals surface area (Å²) < 4.78 is 4.97. The topological polar surface area (TPSA) is 120 Å². The van der Waals surface area contributed by atoms with Gasteiger partial charge in [-0.05, 0) is 43.3 Å². The van der Waals surface area contributed by atoms with Crippen LogP contribution in [0.4, 0.5) is 17.1 Å². The number of hydrogen-bond donors (Lipinski definition) is 3. The molecule has 0 aliphatic rings. The van der Waals surface area contributed by atoms with Crippen molar-refractivity contribution in [3.63, 3.8) is 0 Å². The number of nitrogens with zero attached hydrogens (tertiary/aromatic N) is 1. The lowest BCUT2D eigenvalue weighted by Crippen LogP contribution is -2.17. The molecular weight excluding hydrogens is 372 g/mol. The highest BCUT2D eigenvalue weighted by Gasteiger charge is 2.16. The van der Waals surface area contributed by atoms with Gasteiger partial charge in [0.1, 0.15) is 11.6 Å². The van der Waals surface area contributed by atoms with E-state index in [9.17, 15) is 19.6 Å². The lowest BCUT2D eigenvalue weighted by atomic mass is 10.1. The van der Waals surface area contributed by atoms with E-state index < -0.39 is 11.9 Å². The van der Waals surface area contributed by atoms with Gasteiger partial charge in [0.15, 0.2) is 0 Å². The summed E-state index contributed by atoms with van der Waals surface area (Å²) in [5.74, 6) is -1.42. The van der Waals surface area contributed by atoms with Gasteiger partial charge >= 0.3 is 5.97 Å². The average Bonchev–Trinajstić information content (AvgIpc) is 2.70. The fourth-order valence-electron chi connectivity index (χ4n) is 2.33. The molecule has 0 aromatic heterocycles. The number of esters is 1. The number of amides is 2. The Balaban J connectivity index is 2.10. The molecule has 2 aromatic rings. The second-order valence-corrected chi connectivity index (χ2v) is 5.79. The van der Waals surface area contributed by atoms with Crippen molar-refractivity contribution in [3.05, 3.63) is 65.9 Å². The molecule has 3 N–H and O–H groups in total. The van der Waals surface area contributed by atoms with Crippen molar-refractivity contribution in [2.24, 2.45) is 0 Å². The quantitative estimate of drug-likeness (QED) is 0.378.